The van der Waals surface area contributed by atoms with Crippen molar-refractivity contribution in [3.05, 3.63) is 0 Å². The maximum Gasteiger partial charge on any atom is 0.317 e. The van der Waals surface area contributed by atoms with E-state index in [1.165, 1.54) is 0 Å². The Kier molecular flexibility index (Phi) is 5.23. The third-order valence-corrected chi connectivity index (χ3v) is 4.10. The molecule has 0 aromatic carbocycles. The number of carboxylic acid groups (broad SMARTS) is 1. The van der Waals surface area contributed by atoms with Crippen LogP contribution in [0, 0.1) is 5.92 Å². The lowest BCUT2D eigenvalue weighted by atomic mass is 9.82. The topological polar surface area (TPSA) is 78.9 Å². The second-order valence-corrected chi connectivity index (χ2v) is 5.92. The summed E-state index contributed by atoms with van der Waals surface area (Å²) in [5.74, 6) is -0.106. The molecule has 0 aromatic heterocycles. The molecule has 2 aliphatic rings. The van der Waals surface area contributed by atoms with Gasteiger partial charge in [0.2, 0.25) is 0 Å². The van der Waals surface area contributed by atoms with Gasteiger partial charge in [-0.25, -0.2) is 4.79 Å². The van der Waals surface area contributed by atoms with Crippen molar-refractivity contribution in [3.63, 3.8) is 0 Å². The zero-order valence-electron chi connectivity index (χ0n) is 12.0. The highest BCUT2D eigenvalue weighted by Gasteiger charge is 2.29. The molecule has 20 heavy (non-hydrogen) atoms. The van der Waals surface area contributed by atoms with Crippen LogP contribution < -0.4 is 5.32 Å². The van der Waals surface area contributed by atoms with E-state index in [2.05, 4.69) is 12.2 Å². The minimum atomic E-state index is -0.837. The molecule has 1 aliphatic carbocycles. The summed E-state index contributed by atoms with van der Waals surface area (Å²) in [5, 5.41) is 11.6. The summed E-state index contributed by atoms with van der Waals surface area (Å²) >= 11 is 0. The van der Waals surface area contributed by atoms with Gasteiger partial charge in [0.15, 0.2) is 0 Å². The highest BCUT2D eigenvalue weighted by molar-refractivity contribution is 5.74. The van der Waals surface area contributed by atoms with Crippen molar-refractivity contribution >= 4 is 12.0 Å². The van der Waals surface area contributed by atoms with Crippen LogP contribution in [0.5, 0.6) is 0 Å². The molecule has 0 aromatic rings. The molecule has 1 aliphatic heterocycles. The third kappa shape index (κ3) is 4.37. The predicted octanol–water partition coefficient (Wildman–Crippen LogP) is 1.45. The molecule has 0 atom stereocenters. The lowest BCUT2D eigenvalue weighted by molar-refractivity contribution is -0.138. The highest BCUT2D eigenvalue weighted by Crippen LogP contribution is 2.26. The summed E-state index contributed by atoms with van der Waals surface area (Å²) in [6, 6.07) is 0.382. The molecule has 6 nitrogen and oxygen atoms in total. The Morgan fingerprint density at radius 1 is 1.30 bits per heavy atom. The lowest BCUT2D eigenvalue weighted by Gasteiger charge is -2.37. The normalized spacial score (nSPS) is 26.9. The number of hydrogen-bond acceptors (Lipinski definition) is 3. The van der Waals surface area contributed by atoms with Crippen molar-refractivity contribution in [3.8, 4) is 0 Å². The third-order valence-electron chi connectivity index (χ3n) is 4.10. The second-order valence-electron chi connectivity index (χ2n) is 5.92. The van der Waals surface area contributed by atoms with Crippen LogP contribution in [0.1, 0.15) is 39.0 Å². The van der Waals surface area contributed by atoms with E-state index in [1.54, 1.807) is 0 Å². The molecular weight excluding hydrogens is 260 g/mol. The molecule has 2 N–H and O–H groups in total. The van der Waals surface area contributed by atoms with Gasteiger partial charge in [0.1, 0.15) is 0 Å². The van der Waals surface area contributed by atoms with Crippen LogP contribution in [0.4, 0.5) is 4.79 Å². The molecule has 6 heteroatoms. The number of nitrogens with one attached hydrogen (secondary N) is 1. The Balaban J connectivity index is 1.61. The molecule has 2 fully saturated rings. The monoisotopic (exact) mass is 284 g/mol. The van der Waals surface area contributed by atoms with E-state index in [9.17, 15) is 9.59 Å². The maximum absolute atomic E-state index is 12.0. The summed E-state index contributed by atoms with van der Waals surface area (Å²) in [7, 11) is 0. The summed E-state index contributed by atoms with van der Waals surface area (Å²) in [4.78, 5) is 24.2. The van der Waals surface area contributed by atoms with Gasteiger partial charge in [-0.1, -0.05) is 6.92 Å². The standard InChI is InChI=1S/C14H24N2O4/c1-10-8-11(9-10)15-14(19)16-5-2-12(3-6-16)20-7-4-13(17)18/h10-12H,2-9H2,1H3,(H,15,19)(H,17,18). The van der Waals surface area contributed by atoms with Gasteiger partial charge < -0.3 is 20.1 Å². The van der Waals surface area contributed by atoms with E-state index in [1.807, 2.05) is 4.90 Å². The minimum absolute atomic E-state index is 0.0332. The van der Waals surface area contributed by atoms with Crippen LogP contribution in [-0.4, -0.2) is 53.8 Å². The van der Waals surface area contributed by atoms with E-state index < -0.39 is 5.97 Å². The number of aliphatic carboxylic acids is 1. The quantitative estimate of drug-likeness (QED) is 0.801. The smallest absolute Gasteiger partial charge is 0.317 e. The molecule has 0 unspecified atom stereocenters. The van der Waals surface area contributed by atoms with E-state index in [0.717, 1.165) is 31.6 Å². The summed E-state index contributed by atoms with van der Waals surface area (Å²) in [6.07, 6.45) is 3.87. The fourth-order valence-corrected chi connectivity index (χ4v) is 2.82. The number of ether oxygens (including phenoxy) is 1. The first-order valence-electron chi connectivity index (χ1n) is 7.43. The lowest BCUT2D eigenvalue weighted by Crippen LogP contribution is -2.51. The molecule has 2 amide bonds. The van der Waals surface area contributed by atoms with Crippen molar-refractivity contribution in [1.82, 2.24) is 10.2 Å². The van der Waals surface area contributed by atoms with Crippen LogP contribution in [0.3, 0.4) is 0 Å². The number of urea groups is 1. The Labute approximate surface area is 119 Å². The van der Waals surface area contributed by atoms with Gasteiger partial charge >= 0.3 is 12.0 Å². The first-order chi connectivity index (χ1) is 9.54. The van der Waals surface area contributed by atoms with Crippen molar-refractivity contribution in [1.29, 1.82) is 0 Å². The van der Waals surface area contributed by atoms with Crippen molar-refractivity contribution in [2.75, 3.05) is 19.7 Å². The average molecular weight is 284 g/mol. The number of carbonyl (C=O) groups is 2. The number of likely N-dealkylation sites (tertiary alicyclic amines) is 1. The summed E-state index contributed by atoms with van der Waals surface area (Å²) < 4.78 is 5.51. The number of hydrogen-bond donors (Lipinski definition) is 2. The van der Waals surface area contributed by atoms with E-state index >= 15 is 0 Å². The molecular formula is C14H24N2O4. The van der Waals surface area contributed by atoms with E-state index in [4.69, 9.17) is 9.84 Å². The van der Waals surface area contributed by atoms with Crippen LogP contribution in [0.15, 0.2) is 0 Å². The molecule has 2 rings (SSSR count). The SMILES string of the molecule is CC1CC(NC(=O)N2CCC(OCCC(=O)O)CC2)C1. The van der Waals surface area contributed by atoms with E-state index in [-0.39, 0.29) is 25.2 Å². The van der Waals surface area contributed by atoms with Crippen molar-refractivity contribution in [2.24, 2.45) is 5.92 Å². The molecule has 1 saturated heterocycles. The number of amides is 2. The summed E-state index contributed by atoms with van der Waals surface area (Å²) in [6.45, 7) is 3.83. The Morgan fingerprint density at radius 3 is 2.50 bits per heavy atom. The van der Waals surface area contributed by atoms with Crippen molar-refractivity contribution < 1.29 is 19.4 Å². The first kappa shape index (κ1) is 15.1. The minimum Gasteiger partial charge on any atom is -0.481 e. The molecule has 1 saturated carbocycles. The maximum atomic E-state index is 12.0. The van der Waals surface area contributed by atoms with Crippen molar-refractivity contribution in [2.45, 2.75) is 51.2 Å². The number of carbonyl (C=O) groups excluding carboxylic acids is 1. The predicted molar refractivity (Wildman–Crippen MR) is 73.5 cm³/mol. The van der Waals surface area contributed by atoms with Crippen LogP contribution >= 0.6 is 0 Å². The first-order valence-corrected chi connectivity index (χ1v) is 7.43. The molecule has 0 bridgehead atoms. The average Bonchev–Trinajstić information content (AvgIpc) is 2.37. The van der Waals surface area contributed by atoms with Gasteiger partial charge in [0, 0.05) is 19.1 Å². The Hall–Kier alpha value is -1.30. The van der Waals surface area contributed by atoms with Gasteiger partial charge in [-0.15, -0.1) is 0 Å². The number of carboxylic acids is 1. The Bertz CT molecular complexity index is 347. The van der Waals surface area contributed by atoms with Crippen LogP contribution in [-0.2, 0) is 9.53 Å². The molecule has 0 spiro atoms. The second kappa shape index (κ2) is 6.92. The Morgan fingerprint density at radius 2 is 1.95 bits per heavy atom. The number of nitrogens with zero attached hydrogens (tertiary/aromatic N) is 1. The van der Waals surface area contributed by atoms with Gasteiger partial charge in [0.05, 0.1) is 19.1 Å². The largest absolute Gasteiger partial charge is 0.481 e. The molecule has 1 heterocycles. The van der Waals surface area contributed by atoms with Gasteiger partial charge in [-0.05, 0) is 31.6 Å². The van der Waals surface area contributed by atoms with Crippen LogP contribution in [0.2, 0.25) is 0 Å². The zero-order valence-corrected chi connectivity index (χ0v) is 12.0. The molecule has 0 radical (unpaired) electrons. The summed E-state index contributed by atoms with van der Waals surface area (Å²) in [5.41, 5.74) is 0. The number of rotatable bonds is 5. The molecule has 114 valence electrons. The van der Waals surface area contributed by atoms with Crippen LogP contribution in [0.25, 0.3) is 0 Å². The van der Waals surface area contributed by atoms with Gasteiger partial charge in [-0.3, -0.25) is 4.79 Å². The van der Waals surface area contributed by atoms with E-state index in [0.29, 0.717) is 19.1 Å². The fourth-order valence-electron chi connectivity index (χ4n) is 2.82. The van der Waals surface area contributed by atoms with Gasteiger partial charge in [0.25, 0.3) is 0 Å². The van der Waals surface area contributed by atoms with Gasteiger partial charge in [-0.2, -0.15) is 0 Å². The highest BCUT2D eigenvalue weighted by atomic mass is 16.5. The fraction of sp³-hybridized carbons (Fsp3) is 0.857. The number of piperidine rings is 1. The zero-order chi connectivity index (χ0) is 14.5.